The van der Waals surface area contributed by atoms with Crippen LogP contribution in [-0.4, -0.2) is 128 Å². The third-order valence-corrected chi connectivity index (χ3v) is 6.72. The molecule has 0 bridgehead atoms. The fourth-order valence-electron chi connectivity index (χ4n) is 4.77. The molecule has 12 heteroatoms. The molecule has 208 valence electrons. The Morgan fingerprint density at radius 2 is 1.89 bits per heavy atom. The van der Waals surface area contributed by atoms with Crippen LogP contribution >= 0.6 is 0 Å². The maximum absolute atomic E-state index is 12.0. The van der Waals surface area contributed by atoms with Crippen molar-refractivity contribution in [1.82, 2.24) is 4.90 Å². The van der Waals surface area contributed by atoms with Gasteiger partial charge >= 0.3 is 5.97 Å². The highest BCUT2D eigenvalue weighted by atomic mass is 16.7. The summed E-state index contributed by atoms with van der Waals surface area (Å²) in [6.07, 6.45) is -6.96. The Bertz CT molecular complexity index is 762. The molecular weight excluding hydrogens is 478 g/mol. The molecule has 2 aliphatic rings. The molecule has 0 aromatic heterocycles. The molecule has 0 saturated carbocycles. The number of carbonyl (C=O) groups is 1. The minimum atomic E-state index is -2.10. The summed E-state index contributed by atoms with van der Waals surface area (Å²) in [5.74, 6) is -4.88. The molecule has 0 aromatic carbocycles. The first-order valence-corrected chi connectivity index (χ1v) is 12.0. The van der Waals surface area contributed by atoms with Crippen LogP contribution in [0, 0.1) is 5.92 Å². The van der Waals surface area contributed by atoms with Crippen LogP contribution in [0.15, 0.2) is 24.8 Å². The Labute approximate surface area is 211 Å². The largest absolute Gasteiger partial charge is 0.481 e. The third-order valence-electron chi connectivity index (χ3n) is 6.72. The second-order valence-corrected chi connectivity index (χ2v) is 9.93. The van der Waals surface area contributed by atoms with Gasteiger partial charge in [-0.3, -0.25) is 4.79 Å². The first-order chi connectivity index (χ1) is 16.7. The first-order valence-electron chi connectivity index (χ1n) is 12.0. The lowest BCUT2D eigenvalue weighted by Gasteiger charge is -2.46. The van der Waals surface area contributed by atoms with E-state index in [9.17, 15) is 40.5 Å². The smallest absolute Gasteiger partial charge is 0.311 e. The van der Waals surface area contributed by atoms with Crippen molar-refractivity contribution in [2.45, 2.75) is 100 Å². The maximum atomic E-state index is 12.0. The lowest BCUT2D eigenvalue weighted by molar-refractivity contribution is -0.312. The number of ether oxygens (including phenoxy) is 3. The van der Waals surface area contributed by atoms with E-state index in [1.54, 1.807) is 32.0 Å². The van der Waals surface area contributed by atoms with Crippen LogP contribution in [0.5, 0.6) is 0 Å². The zero-order valence-electron chi connectivity index (χ0n) is 21.1. The van der Waals surface area contributed by atoms with E-state index in [0.29, 0.717) is 0 Å². The number of hydrogen-bond donors (Lipinski definition) is 7. The molecule has 12 nitrogen and oxygen atoms in total. The molecule has 2 fully saturated rings. The van der Waals surface area contributed by atoms with E-state index in [1.807, 2.05) is 0 Å². The van der Waals surface area contributed by atoms with Crippen LogP contribution < -0.4 is 0 Å². The minimum absolute atomic E-state index is 0.179. The molecule has 0 aromatic rings. The Kier molecular flexibility index (Phi) is 11.0. The normalized spacial score (nSPS) is 40.2. The standard InChI is InChI=1S/C24H41NO11/c1-6-7-8-14(35-23-21(30)19(25(4)5)20(29)13(3)34-23)9-17-18(22(31)32)16(28)11-24(33,36-17)10-15(27)12(2)26/h6-8,12-21,23,26-30,33H,1,9-11H2,2-5H3,(H,31,32)/b8-7+/t12-,13-,14+,15-,16+,17+,18?,19+,20-,21+,23?,24-/m1/s1. The predicted molar refractivity (Wildman–Crippen MR) is 127 cm³/mol. The van der Waals surface area contributed by atoms with E-state index >= 15 is 0 Å². The van der Waals surface area contributed by atoms with Crippen LogP contribution in [0.1, 0.15) is 33.1 Å². The Morgan fingerprint density at radius 3 is 2.42 bits per heavy atom. The first kappa shape index (κ1) is 30.8. The van der Waals surface area contributed by atoms with Gasteiger partial charge in [0.2, 0.25) is 0 Å². The molecule has 2 heterocycles. The third kappa shape index (κ3) is 7.54. The van der Waals surface area contributed by atoms with Gasteiger partial charge in [0, 0.05) is 19.3 Å². The summed E-state index contributed by atoms with van der Waals surface area (Å²) in [5, 5.41) is 72.2. The van der Waals surface area contributed by atoms with Crippen LogP contribution in [0.25, 0.3) is 0 Å². The number of hydrogen-bond acceptors (Lipinski definition) is 11. The molecule has 0 spiro atoms. The van der Waals surface area contributed by atoms with Crippen LogP contribution in [0.4, 0.5) is 0 Å². The lowest BCUT2D eigenvalue weighted by atomic mass is 9.83. The van der Waals surface area contributed by atoms with Crippen molar-refractivity contribution in [3.05, 3.63) is 24.8 Å². The molecule has 2 rings (SSSR count). The van der Waals surface area contributed by atoms with Gasteiger partial charge in [-0.1, -0.05) is 24.8 Å². The molecule has 2 aliphatic heterocycles. The second kappa shape index (κ2) is 12.9. The average Bonchev–Trinajstić information content (AvgIpc) is 2.74. The monoisotopic (exact) mass is 519 g/mol. The number of aliphatic carboxylic acids is 1. The predicted octanol–water partition coefficient (Wildman–Crippen LogP) is -1.43. The van der Waals surface area contributed by atoms with Crippen molar-refractivity contribution >= 4 is 5.97 Å². The number of nitrogens with zero attached hydrogens (tertiary/aromatic N) is 1. The van der Waals surface area contributed by atoms with Crippen molar-refractivity contribution in [2.24, 2.45) is 5.92 Å². The van der Waals surface area contributed by atoms with Gasteiger partial charge in [-0.05, 0) is 27.9 Å². The number of rotatable bonds is 11. The van der Waals surface area contributed by atoms with Crippen LogP contribution in [0.2, 0.25) is 0 Å². The van der Waals surface area contributed by atoms with Crippen LogP contribution in [0.3, 0.4) is 0 Å². The van der Waals surface area contributed by atoms with E-state index in [4.69, 9.17) is 14.2 Å². The number of allylic oxidation sites excluding steroid dienone is 2. The van der Waals surface area contributed by atoms with Gasteiger partial charge in [-0.15, -0.1) is 0 Å². The lowest BCUT2D eigenvalue weighted by Crippen LogP contribution is -2.62. The van der Waals surface area contributed by atoms with Gasteiger partial charge in [-0.25, -0.2) is 0 Å². The molecular formula is C24H41NO11. The van der Waals surface area contributed by atoms with Crippen molar-refractivity contribution in [1.29, 1.82) is 0 Å². The van der Waals surface area contributed by atoms with Crippen molar-refractivity contribution in [2.75, 3.05) is 14.1 Å². The van der Waals surface area contributed by atoms with Gasteiger partial charge in [-0.2, -0.15) is 0 Å². The highest BCUT2D eigenvalue weighted by molar-refractivity contribution is 5.71. The minimum Gasteiger partial charge on any atom is -0.481 e. The Balaban J connectivity index is 2.29. The fourth-order valence-corrected chi connectivity index (χ4v) is 4.77. The van der Waals surface area contributed by atoms with E-state index in [2.05, 4.69) is 6.58 Å². The number of aliphatic hydroxyl groups is 6. The summed E-state index contributed by atoms with van der Waals surface area (Å²) in [5.41, 5.74) is 0. The fraction of sp³-hybridized carbons (Fsp3) is 0.792. The zero-order valence-corrected chi connectivity index (χ0v) is 21.1. The summed E-state index contributed by atoms with van der Waals surface area (Å²) >= 11 is 0. The van der Waals surface area contributed by atoms with E-state index in [0.717, 1.165) is 0 Å². The molecule has 2 saturated heterocycles. The molecule has 36 heavy (non-hydrogen) atoms. The van der Waals surface area contributed by atoms with Gasteiger partial charge < -0.3 is 54.9 Å². The van der Waals surface area contributed by atoms with E-state index < -0.39 is 91.7 Å². The molecule has 12 atom stereocenters. The molecule has 0 aliphatic carbocycles. The van der Waals surface area contributed by atoms with Crippen LogP contribution in [-0.2, 0) is 19.0 Å². The summed E-state index contributed by atoms with van der Waals surface area (Å²) in [6.45, 7) is 6.56. The number of carboxylic acids is 1. The topological polar surface area (TPSA) is 190 Å². The van der Waals surface area contributed by atoms with E-state index in [1.165, 1.54) is 19.1 Å². The summed E-state index contributed by atoms with van der Waals surface area (Å²) in [6, 6.07) is -0.700. The molecule has 0 amide bonds. The van der Waals surface area contributed by atoms with Crippen molar-refractivity contribution < 1.29 is 54.8 Å². The van der Waals surface area contributed by atoms with Gasteiger partial charge in [0.1, 0.15) is 12.0 Å². The number of aliphatic hydroxyl groups excluding tert-OH is 5. The number of likely N-dealkylation sites (N-methyl/N-ethyl adjacent to an activating group) is 1. The van der Waals surface area contributed by atoms with Gasteiger partial charge in [0.15, 0.2) is 12.1 Å². The summed E-state index contributed by atoms with van der Waals surface area (Å²) in [4.78, 5) is 13.6. The highest BCUT2D eigenvalue weighted by Crippen LogP contribution is 2.38. The molecule has 0 radical (unpaired) electrons. The molecule has 7 N–H and O–H groups in total. The SMILES string of the molecule is C=C/C=C/[C@@H](C[C@@H]1O[C@](O)(C[C@@H](O)[C@@H](C)O)C[C@H](O)C1C(=O)O)OC1O[C@H](C)[C@@H](O)[C@H](N(C)C)[C@@H]1O. The van der Waals surface area contributed by atoms with Gasteiger partial charge in [0.05, 0.1) is 48.8 Å². The van der Waals surface area contributed by atoms with Crippen molar-refractivity contribution in [3.8, 4) is 0 Å². The van der Waals surface area contributed by atoms with Crippen molar-refractivity contribution in [3.63, 3.8) is 0 Å². The Morgan fingerprint density at radius 1 is 1.25 bits per heavy atom. The van der Waals surface area contributed by atoms with E-state index in [-0.39, 0.29) is 6.42 Å². The van der Waals surface area contributed by atoms with Gasteiger partial charge in [0.25, 0.3) is 0 Å². The number of carboxylic acid groups (broad SMARTS) is 1. The summed E-state index contributed by atoms with van der Waals surface area (Å²) in [7, 11) is 3.39. The highest BCUT2D eigenvalue weighted by Gasteiger charge is 2.51. The quantitative estimate of drug-likeness (QED) is 0.158. The maximum Gasteiger partial charge on any atom is 0.311 e. The average molecular weight is 520 g/mol. The summed E-state index contributed by atoms with van der Waals surface area (Å²) < 4.78 is 17.4. The second-order valence-electron chi connectivity index (χ2n) is 9.93. The molecule has 2 unspecified atom stereocenters. The zero-order chi connectivity index (χ0) is 27.4. The Hall–Kier alpha value is -1.45.